The second kappa shape index (κ2) is 7.77. The van der Waals surface area contributed by atoms with Gasteiger partial charge in [-0.3, -0.25) is 0 Å². The van der Waals surface area contributed by atoms with Crippen LogP contribution in [-0.4, -0.2) is 35.8 Å². The molecule has 0 saturated carbocycles. The number of carbonyl (C=O) groups excluding carboxylic acids is 1. The maximum atomic E-state index is 12.4. The van der Waals surface area contributed by atoms with Crippen LogP contribution < -0.4 is 10.5 Å². The Bertz CT molecular complexity index is 649. The SMILES string of the molecule is Cc1cc(N)c(OC(C)C)cc1C1CCN(C(=O)OC(C)(C)C)CC1C. The summed E-state index contributed by atoms with van der Waals surface area (Å²) in [5.74, 6) is 1.47. The lowest BCUT2D eigenvalue weighted by Gasteiger charge is -2.38. The molecule has 5 heteroatoms. The average molecular weight is 363 g/mol. The first-order valence-corrected chi connectivity index (χ1v) is 9.52. The van der Waals surface area contributed by atoms with Crippen LogP contribution in [0.3, 0.4) is 0 Å². The Hall–Kier alpha value is -1.91. The largest absolute Gasteiger partial charge is 0.489 e. The van der Waals surface area contributed by atoms with Gasteiger partial charge in [-0.25, -0.2) is 4.79 Å². The Kier molecular flexibility index (Phi) is 6.09. The topological polar surface area (TPSA) is 64.8 Å². The number of anilines is 1. The van der Waals surface area contributed by atoms with Gasteiger partial charge >= 0.3 is 6.09 Å². The summed E-state index contributed by atoms with van der Waals surface area (Å²) in [5.41, 5.74) is 8.80. The van der Waals surface area contributed by atoms with Gasteiger partial charge < -0.3 is 20.1 Å². The Morgan fingerprint density at radius 1 is 1.31 bits per heavy atom. The number of nitrogen functional groups attached to an aromatic ring is 1. The lowest BCUT2D eigenvalue weighted by Crippen LogP contribution is -2.44. The predicted octanol–water partition coefficient (Wildman–Crippen LogP) is 4.72. The minimum Gasteiger partial charge on any atom is -0.489 e. The number of nitrogens with two attached hydrogens (primary N) is 1. The highest BCUT2D eigenvalue weighted by Crippen LogP contribution is 2.38. The van der Waals surface area contributed by atoms with Crippen molar-refractivity contribution < 1.29 is 14.3 Å². The van der Waals surface area contributed by atoms with Crippen molar-refractivity contribution in [3.05, 3.63) is 23.3 Å². The first-order chi connectivity index (χ1) is 12.0. The second-order valence-corrected chi connectivity index (χ2v) is 8.71. The van der Waals surface area contributed by atoms with E-state index < -0.39 is 5.60 Å². The van der Waals surface area contributed by atoms with Gasteiger partial charge in [0, 0.05) is 13.1 Å². The van der Waals surface area contributed by atoms with Gasteiger partial charge in [-0.05, 0) is 83.1 Å². The van der Waals surface area contributed by atoms with E-state index in [-0.39, 0.29) is 12.2 Å². The first kappa shape index (κ1) is 20.4. The molecule has 1 aromatic rings. The Morgan fingerprint density at radius 2 is 1.96 bits per heavy atom. The molecule has 1 fully saturated rings. The van der Waals surface area contributed by atoms with Crippen LogP contribution in [0.2, 0.25) is 0 Å². The van der Waals surface area contributed by atoms with Gasteiger partial charge in [0.2, 0.25) is 0 Å². The Labute approximate surface area is 157 Å². The van der Waals surface area contributed by atoms with Crippen LogP contribution in [0.5, 0.6) is 5.75 Å². The van der Waals surface area contributed by atoms with Crippen molar-refractivity contribution in [2.45, 2.75) is 72.5 Å². The smallest absolute Gasteiger partial charge is 0.410 e. The molecule has 5 nitrogen and oxygen atoms in total. The molecule has 2 N–H and O–H groups in total. The van der Waals surface area contributed by atoms with E-state index in [4.69, 9.17) is 15.2 Å². The quantitative estimate of drug-likeness (QED) is 0.790. The number of likely N-dealkylation sites (tertiary alicyclic amines) is 1. The van der Waals surface area contributed by atoms with E-state index in [0.717, 1.165) is 12.2 Å². The van der Waals surface area contributed by atoms with E-state index in [2.05, 4.69) is 19.9 Å². The zero-order chi connectivity index (χ0) is 19.6. The monoisotopic (exact) mass is 362 g/mol. The number of amides is 1. The molecule has 2 unspecified atom stereocenters. The summed E-state index contributed by atoms with van der Waals surface area (Å²) < 4.78 is 11.4. The van der Waals surface area contributed by atoms with Crippen molar-refractivity contribution in [1.82, 2.24) is 4.90 Å². The normalized spacial score (nSPS) is 21.0. The van der Waals surface area contributed by atoms with Crippen molar-refractivity contribution in [3.8, 4) is 5.75 Å². The van der Waals surface area contributed by atoms with Gasteiger partial charge in [-0.2, -0.15) is 0 Å². The van der Waals surface area contributed by atoms with Crippen LogP contribution in [0.15, 0.2) is 12.1 Å². The summed E-state index contributed by atoms with van der Waals surface area (Å²) in [6, 6.07) is 4.09. The lowest BCUT2D eigenvalue weighted by molar-refractivity contribution is 0.0155. The van der Waals surface area contributed by atoms with Crippen molar-refractivity contribution in [3.63, 3.8) is 0 Å². The summed E-state index contributed by atoms with van der Waals surface area (Å²) in [7, 11) is 0. The fourth-order valence-corrected chi connectivity index (χ4v) is 3.58. The van der Waals surface area contributed by atoms with Gasteiger partial charge in [0.1, 0.15) is 11.4 Å². The van der Waals surface area contributed by atoms with Crippen LogP contribution in [0.25, 0.3) is 0 Å². The average Bonchev–Trinajstić information content (AvgIpc) is 2.48. The number of nitrogens with zero attached hydrogens (tertiary/aromatic N) is 1. The number of carbonyl (C=O) groups is 1. The minimum atomic E-state index is -0.464. The summed E-state index contributed by atoms with van der Waals surface area (Å²) in [6.45, 7) is 15.4. The minimum absolute atomic E-state index is 0.0827. The molecule has 1 aromatic carbocycles. The molecule has 0 bridgehead atoms. The zero-order valence-corrected chi connectivity index (χ0v) is 17.3. The molecule has 0 spiro atoms. The summed E-state index contributed by atoms with van der Waals surface area (Å²) in [6.07, 6.45) is 0.770. The van der Waals surface area contributed by atoms with Crippen molar-refractivity contribution in [2.24, 2.45) is 5.92 Å². The zero-order valence-electron chi connectivity index (χ0n) is 17.3. The van der Waals surface area contributed by atoms with Gasteiger partial charge in [0.15, 0.2) is 0 Å². The fourth-order valence-electron chi connectivity index (χ4n) is 3.58. The molecule has 1 heterocycles. The lowest BCUT2D eigenvalue weighted by atomic mass is 9.79. The highest BCUT2D eigenvalue weighted by atomic mass is 16.6. The third-order valence-electron chi connectivity index (χ3n) is 4.72. The second-order valence-electron chi connectivity index (χ2n) is 8.71. The summed E-state index contributed by atoms with van der Waals surface area (Å²) >= 11 is 0. The Balaban J connectivity index is 2.15. The third kappa shape index (κ3) is 5.05. The molecule has 0 radical (unpaired) electrons. The standard InChI is InChI=1S/C21H34N2O3/c1-13(2)25-19-11-17(14(3)10-18(19)22)16-8-9-23(12-15(16)4)20(24)26-21(5,6)7/h10-11,13,15-16H,8-9,12,22H2,1-7H3. The number of piperidine rings is 1. The van der Waals surface area contributed by atoms with Gasteiger partial charge in [0.05, 0.1) is 11.8 Å². The molecular formula is C21H34N2O3. The molecule has 0 aliphatic carbocycles. The van der Waals surface area contributed by atoms with E-state index in [9.17, 15) is 4.79 Å². The van der Waals surface area contributed by atoms with Crippen molar-refractivity contribution >= 4 is 11.8 Å². The van der Waals surface area contributed by atoms with E-state index in [1.807, 2.05) is 45.6 Å². The molecule has 1 saturated heterocycles. The number of hydrogen-bond donors (Lipinski definition) is 1. The van der Waals surface area contributed by atoms with Gasteiger partial charge in [-0.15, -0.1) is 0 Å². The number of ether oxygens (including phenoxy) is 2. The number of hydrogen-bond acceptors (Lipinski definition) is 4. The Morgan fingerprint density at radius 3 is 2.50 bits per heavy atom. The van der Waals surface area contributed by atoms with Crippen molar-refractivity contribution in [2.75, 3.05) is 18.8 Å². The molecule has 146 valence electrons. The molecule has 1 aliphatic rings. The summed E-state index contributed by atoms with van der Waals surface area (Å²) in [4.78, 5) is 14.2. The molecular weight excluding hydrogens is 328 g/mol. The molecule has 2 rings (SSSR count). The van der Waals surface area contributed by atoms with Crippen LogP contribution in [-0.2, 0) is 4.74 Å². The molecule has 26 heavy (non-hydrogen) atoms. The number of benzene rings is 1. The molecule has 1 aliphatic heterocycles. The van der Waals surface area contributed by atoms with E-state index in [1.165, 1.54) is 11.1 Å². The maximum absolute atomic E-state index is 12.4. The highest BCUT2D eigenvalue weighted by Gasteiger charge is 2.33. The first-order valence-electron chi connectivity index (χ1n) is 9.52. The maximum Gasteiger partial charge on any atom is 0.410 e. The number of rotatable bonds is 3. The van der Waals surface area contributed by atoms with Crippen LogP contribution >= 0.6 is 0 Å². The fraction of sp³-hybridized carbons (Fsp3) is 0.667. The highest BCUT2D eigenvalue weighted by molar-refractivity contribution is 5.68. The molecule has 1 amide bonds. The van der Waals surface area contributed by atoms with E-state index in [0.29, 0.717) is 30.6 Å². The van der Waals surface area contributed by atoms with E-state index >= 15 is 0 Å². The van der Waals surface area contributed by atoms with Gasteiger partial charge in [0.25, 0.3) is 0 Å². The van der Waals surface area contributed by atoms with E-state index in [1.54, 1.807) is 0 Å². The number of aryl methyl sites for hydroxylation is 1. The van der Waals surface area contributed by atoms with Crippen LogP contribution in [0, 0.1) is 12.8 Å². The van der Waals surface area contributed by atoms with Crippen molar-refractivity contribution in [1.29, 1.82) is 0 Å². The third-order valence-corrected chi connectivity index (χ3v) is 4.72. The van der Waals surface area contributed by atoms with Crippen LogP contribution in [0.4, 0.5) is 10.5 Å². The molecule has 0 aromatic heterocycles. The summed E-state index contributed by atoms with van der Waals surface area (Å²) in [5, 5.41) is 0. The molecule has 2 atom stereocenters. The van der Waals surface area contributed by atoms with Gasteiger partial charge in [-0.1, -0.05) is 6.92 Å². The predicted molar refractivity (Wildman–Crippen MR) is 106 cm³/mol. The van der Waals surface area contributed by atoms with Crippen LogP contribution in [0.1, 0.15) is 65.0 Å².